The average Bonchev–Trinajstić information content (AvgIpc) is 2.32. The molecule has 0 spiro atoms. The van der Waals surface area contributed by atoms with Crippen LogP contribution < -0.4 is 0 Å². The molecule has 100 valence electrons. The Hall–Kier alpha value is -0.700. The molecule has 0 aliphatic heterocycles. The molecule has 0 fully saturated rings. The summed E-state index contributed by atoms with van der Waals surface area (Å²) in [7, 11) is 0. The maximum Gasteiger partial charge on any atom is 0.132 e. The number of hydrogen-bond acceptors (Lipinski definition) is 3. The summed E-state index contributed by atoms with van der Waals surface area (Å²) in [6.07, 6.45) is 7.70. The van der Waals surface area contributed by atoms with Gasteiger partial charge in [0.1, 0.15) is 11.6 Å². The molecule has 0 atom stereocenters. The fourth-order valence-electron chi connectivity index (χ4n) is 1.70. The van der Waals surface area contributed by atoms with Crippen LogP contribution in [0.25, 0.3) is 0 Å². The monoisotopic (exact) mass is 242 g/mol. The highest BCUT2D eigenvalue weighted by Gasteiger charge is 2.04. The van der Waals surface area contributed by atoms with Gasteiger partial charge in [-0.05, 0) is 32.1 Å². The first kappa shape index (κ1) is 16.3. The van der Waals surface area contributed by atoms with E-state index in [0.29, 0.717) is 37.9 Å². The molecule has 0 unspecified atom stereocenters. The van der Waals surface area contributed by atoms with Crippen molar-refractivity contribution in [1.29, 1.82) is 0 Å². The van der Waals surface area contributed by atoms with Gasteiger partial charge in [-0.1, -0.05) is 13.3 Å². The second-order valence-corrected chi connectivity index (χ2v) is 4.57. The summed E-state index contributed by atoms with van der Waals surface area (Å²) in [4.78, 5) is 22.7. The third-order valence-electron chi connectivity index (χ3n) is 2.83. The molecule has 0 aliphatic carbocycles. The molecule has 0 saturated carbocycles. The molecule has 3 nitrogen and oxygen atoms in total. The predicted molar refractivity (Wildman–Crippen MR) is 68.9 cm³/mol. The normalized spacial score (nSPS) is 10.5. The minimum absolute atomic E-state index is 0.166. The number of ketones is 2. The first-order valence-electron chi connectivity index (χ1n) is 6.85. The Bertz CT molecular complexity index is 212. The summed E-state index contributed by atoms with van der Waals surface area (Å²) in [6, 6.07) is 0. The van der Waals surface area contributed by atoms with Crippen LogP contribution in [0.5, 0.6) is 0 Å². The van der Waals surface area contributed by atoms with E-state index in [1.807, 2.05) is 0 Å². The minimum Gasteiger partial charge on any atom is -0.396 e. The fraction of sp³-hybridized carbons (Fsp3) is 0.857. The number of Topliss-reactive ketones (excluding diaryl/α,β-unsaturated/α-hetero) is 2. The van der Waals surface area contributed by atoms with Gasteiger partial charge in [-0.25, -0.2) is 0 Å². The Morgan fingerprint density at radius 1 is 0.765 bits per heavy atom. The van der Waals surface area contributed by atoms with Crippen molar-refractivity contribution in [2.45, 2.75) is 71.1 Å². The smallest absolute Gasteiger partial charge is 0.132 e. The van der Waals surface area contributed by atoms with Crippen molar-refractivity contribution in [2.75, 3.05) is 6.61 Å². The maximum absolute atomic E-state index is 11.4. The van der Waals surface area contributed by atoms with Crippen molar-refractivity contribution >= 4 is 11.6 Å². The van der Waals surface area contributed by atoms with Gasteiger partial charge in [0.25, 0.3) is 0 Å². The molecular formula is C14H26O3. The van der Waals surface area contributed by atoms with Gasteiger partial charge < -0.3 is 5.11 Å². The zero-order valence-corrected chi connectivity index (χ0v) is 11.0. The van der Waals surface area contributed by atoms with Gasteiger partial charge >= 0.3 is 0 Å². The first-order chi connectivity index (χ1) is 8.20. The van der Waals surface area contributed by atoms with Crippen molar-refractivity contribution in [2.24, 2.45) is 0 Å². The van der Waals surface area contributed by atoms with E-state index >= 15 is 0 Å². The van der Waals surface area contributed by atoms with Gasteiger partial charge in [0.05, 0.1) is 0 Å². The lowest BCUT2D eigenvalue weighted by atomic mass is 10.0. The third-order valence-corrected chi connectivity index (χ3v) is 2.83. The molecule has 0 heterocycles. The Morgan fingerprint density at radius 3 is 1.59 bits per heavy atom. The van der Waals surface area contributed by atoms with E-state index in [0.717, 1.165) is 32.1 Å². The van der Waals surface area contributed by atoms with Crippen LogP contribution in [-0.4, -0.2) is 23.3 Å². The van der Waals surface area contributed by atoms with Crippen LogP contribution >= 0.6 is 0 Å². The van der Waals surface area contributed by atoms with Crippen molar-refractivity contribution in [3.05, 3.63) is 0 Å². The van der Waals surface area contributed by atoms with E-state index in [4.69, 9.17) is 5.11 Å². The molecule has 0 aromatic carbocycles. The second kappa shape index (κ2) is 11.8. The van der Waals surface area contributed by atoms with Crippen LogP contribution in [0.4, 0.5) is 0 Å². The van der Waals surface area contributed by atoms with Crippen LogP contribution in [0.15, 0.2) is 0 Å². The van der Waals surface area contributed by atoms with Crippen molar-refractivity contribution in [3.63, 3.8) is 0 Å². The standard InChI is InChI=1S/C14H26O3/c1-2-3-8-13(16)9-4-5-10-14(17)11-6-7-12-15/h15H,2-12H2,1H3. The van der Waals surface area contributed by atoms with Gasteiger partial charge in [-0.3, -0.25) is 9.59 Å². The predicted octanol–water partition coefficient (Wildman–Crippen LogP) is 3.04. The number of rotatable bonds is 12. The van der Waals surface area contributed by atoms with Crippen LogP contribution in [0.1, 0.15) is 71.1 Å². The SMILES string of the molecule is CCCCC(=O)CCCCC(=O)CCCCO. The molecule has 0 aromatic heterocycles. The molecule has 1 N–H and O–H groups in total. The number of carbonyl (C=O) groups excluding carboxylic acids is 2. The molecular weight excluding hydrogens is 216 g/mol. The van der Waals surface area contributed by atoms with E-state index in [1.54, 1.807) is 0 Å². The average molecular weight is 242 g/mol. The summed E-state index contributed by atoms with van der Waals surface area (Å²) < 4.78 is 0. The second-order valence-electron chi connectivity index (χ2n) is 4.57. The molecule has 0 aromatic rings. The van der Waals surface area contributed by atoms with E-state index in [9.17, 15) is 9.59 Å². The third kappa shape index (κ3) is 11.6. The van der Waals surface area contributed by atoms with E-state index in [1.165, 1.54) is 0 Å². The number of aliphatic hydroxyl groups excluding tert-OH is 1. The van der Waals surface area contributed by atoms with Crippen LogP contribution in [0, 0.1) is 0 Å². The highest BCUT2D eigenvalue weighted by Crippen LogP contribution is 2.08. The van der Waals surface area contributed by atoms with Crippen molar-refractivity contribution in [1.82, 2.24) is 0 Å². The van der Waals surface area contributed by atoms with Gasteiger partial charge in [0.2, 0.25) is 0 Å². The number of aliphatic hydroxyl groups is 1. The van der Waals surface area contributed by atoms with E-state index in [2.05, 4.69) is 6.92 Å². The lowest BCUT2D eigenvalue weighted by molar-refractivity contribution is -0.121. The van der Waals surface area contributed by atoms with Gasteiger partial charge in [0.15, 0.2) is 0 Å². The fourth-order valence-corrected chi connectivity index (χ4v) is 1.70. The number of hydrogen-bond donors (Lipinski definition) is 1. The highest BCUT2D eigenvalue weighted by atomic mass is 16.3. The van der Waals surface area contributed by atoms with Crippen LogP contribution in [0.3, 0.4) is 0 Å². The lowest BCUT2D eigenvalue weighted by Crippen LogP contribution is -2.01. The van der Waals surface area contributed by atoms with Gasteiger partial charge in [-0.2, -0.15) is 0 Å². The molecule has 17 heavy (non-hydrogen) atoms. The van der Waals surface area contributed by atoms with E-state index in [-0.39, 0.29) is 12.4 Å². The molecule has 0 radical (unpaired) electrons. The zero-order chi connectivity index (χ0) is 12.9. The Kier molecular flexibility index (Phi) is 11.3. The molecule has 3 heteroatoms. The molecule has 0 saturated heterocycles. The lowest BCUT2D eigenvalue weighted by Gasteiger charge is -2.01. The zero-order valence-electron chi connectivity index (χ0n) is 11.0. The molecule has 0 bridgehead atoms. The van der Waals surface area contributed by atoms with E-state index < -0.39 is 0 Å². The van der Waals surface area contributed by atoms with Crippen LogP contribution in [0.2, 0.25) is 0 Å². The molecule has 0 amide bonds. The Morgan fingerprint density at radius 2 is 1.18 bits per heavy atom. The Balaban J connectivity index is 3.32. The summed E-state index contributed by atoms with van der Waals surface area (Å²) in [6.45, 7) is 2.25. The molecule has 0 aliphatic rings. The summed E-state index contributed by atoms with van der Waals surface area (Å²) in [5.41, 5.74) is 0. The van der Waals surface area contributed by atoms with Gasteiger partial charge in [-0.15, -0.1) is 0 Å². The largest absolute Gasteiger partial charge is 0.396 e. The quantitative estimate of drug-likeness (QED) is 0.535. The summed E-state index contributed by atoms with van der Waals surface area (Å²) >= 11 is 0. The highest BCUT2D eigenvalue weighted by molar-refractivity contribution is 5.79. The van der Waals surface area contributed by atoms with Crippen molar-refractivity contribution in [3.8, 4) is 0 Å². The maximum atomic E-state index is 11.4. The topological polar surface area (TPSA) is 54.4 Å². The molecule has 0 rings (SSSR count). The number of unbranched alkanes of at least 4 members (excludes halogenated alkanes) is 3. The number of carbonyl (C=O) groups is 2. The summed E-state index contributed by atoms with van der Waals surface area (Å²) in [5, 5.41) is 8.58. The van der Waals surface area contributed by atoms with Crippen molar-refractivity contribution < 1.29 is 14.7 Å². The first-order valence-corrected chi connectivity index (χ1v) is 6.85. The van der Waals surface area contributed by atoms with Gasteiger partial charge in [0, 0.05) is 32.3 Å². The Labute approximate surface area is 105 Å². The minimum atomic E-state index is 0.166. The summed E-state index contributed by atoms with van der Waals surface area (Å²) in [5.74, 6) is 0.596. The van der Waals surface area contributed by atoms with Crippen LogP contribution in [-0.2, 0) is 9.59 Å².